The number of Topliss-reactive ketones (excluding diaryl/α,β-unsaturated/α-hetero) is 1. The number of hydrogen-bond donors (Lipinski definition) is 6. The van der Waals surface area contributed by atoms with Crippen LogP contribution in [0.25, 0.3) is 0 Å². The molecular formula is C50H67NO19. The Bertz CT molecular complexity index is 2320. The number of carboxylic acids is 1. The number of hydrogen-bond acceptors (Lipinski definition) is 18. The van der Waals surface area contributed by atoms with Crippen molar-refractivity contribution < 1.29 is 92.2 Å². The zero-order valence-corrected chi connectivity index (χ0v) is 41.5. The molecule has 0 saturated carbocycles. The van der Waals surface area contributed by atoms with Crippen molar-refractivity contribution in [2.24, 2.45) is 29.1 Å². The zero-order valence-electron chi connectivity index (χ0n) is 41.5. The van der Waals surface area contributed by atoms with Gasteiger partial charge < -0.3 is 68.7 Å². The number of carbonyl (C=O) groups is 6. The van der Waals surface area contributed by atoms with Crippen LogP contribution in [0.4, 0.5) is 0 Å². The molecular weight excluding hydrogens is 919 g/mol. The largest absolute Gasteiger partial charge is 0.507 e. The van der Waals surface area contributed by atoms with Gasteiger partial charge in [0.15, 0.2) is 11.9 Å². The fourth-order valence-electron chi connectivity index (χ4n) is 9.13. The van der Waals surface area contributed by atoms with Gasteiger partial charge in [0.05, 0.1) is 60.4 Å². The summed E-state index contributed by atoms with van der Waals surface area (Å²) in [7, 11) is 1.52. The Kier molecular flexibility index (Phi) is 17.7. The van der Waals surface area contributed by atoms with Crippen LogP contribution in [0, 0.1) is 36.0 Å². The van der Waals surface area contributed by atoms with Crippen LogP contribution in [0.5, 0.6) is 11.5 Å². The number of aromatic hydroxyl groups is 1. The van der Waals surface area contributed by atoms with E-state index in [2.05, 4.69) is 5.32 Å². The maximum absolute atomic E-state index is 14.0. The Labute approximate surface area is 406 Å². The van der Waals surface area contributed by atoms with E-state index in [0.717, 1.165) is 6.08 Å². The standard InChI is InChI=1S/C50H67NO19/c1-22-14-13-15-30(27(6)68-48(62)49(9,10)19-35(54)55)40(57)24(3)39(56)25(4)43(69-29(8)52)23(2)33(64-20-34-45(28(7)63-12)66-21-65-34)16-17-67-50(11)46(60)38-36-32(53)18-31(51-47(22)61)42(59)37(36)41(58)26(5)44(38)70-50/h13-18,23-25,27-28,30,33-34,39-40,43,45-46,56-58,60H,19-21H2,1-12H3,(H,51,61)(H,54,55)/b15-13+,17-16+,22-14-. The third-order valence-electron chi connectivity index (χ3n) is 13.7. The van der Waals surface area contributed by atoms with Gasteiger partial charge in [-0.15, -0.1) is 0 Å². The summed E-state index contributed by atoms with van der Waals surface area (Å²) in [6.07, 6.45) is -2.54. The summed E-state index contributed by atoms with van der Waals surface area (Å²) in [5.74, 6) is -12.1. The van der Waals surface area contributed by atoms with Crippen LogP contribution in [0.3, 0.4) is 0 Å². The number of phenolic OH excluding ortho intramolecular Hbond substituents is 1. The summed E-state index contributed by atoms with van der Waals surface area (Å²) in [6, 6.07) is 0. The van der Waals surface area contributed by atoms with E-state index in [0.29, 0.717) is 0 Å². The van der Waals surface area contributed by atoms with Gasteiger partial charge in [0.1, 0.15) is 42.7 Å². The highest BCUT2D eigenvalue weighted by atomic mass is 16.7. The van der Waals surface area contributed by atoms with E-state index in [-0.39, 0.29) is 41.4 Å². The molecule has 5 bridgehead atoms. The van der Waals surface area contributed by atoms with Gasteiger partial charge in [-0.1, -0.05) is 39.0 Å². The number of rotatable bonds is 11. The van der Waals surface area contributed by atoms with E-state index in [1.165, 1.54) is 93.1 Å². The van der Waals surface area contributed by atoms with Crippen molar-refractivity contribution in [2.75, 3.05) is 20.5 Å². The Morgan fingerprint density at radius 3 is 2.26 bits per heavy atom. The third-order valence-corrected chi connectivity index (χ3v) is 13.7. The zero-order chi connectivity index (χ0) is 52.3. The van der Waals surface area contributed by atoms with Gasteiger partial charge in [-0.3, -0.25) is 28.8 Å². The highest BCUT2D eigenvalue weighted by molar-refractivity contribution is 6.27. The maximum atomic E-state index is 14.0. The lowest BCUT2D eigenvalue weighted by atomic mass is 9.77. The molecule has 1 aliphatic carbocycles. The average Bonchev–Trinajstić information content (AvgIpc) is 3.87. The summed E-state index contributed by atoms with van der Waals surface area (Å²) >= 11 is 0. The molecule has 0 aromatic heterocycles. The Morgan fingerprint density at radius 1 is 0.957 bits per heavy atom. The molecule has 5 aliphatic rings. The normalized spacial score (nSPS) is 33.4. The first-order valence-electron chi connectivity index (χ1n) is 23.1. The van der Waals surface area contributed by atoms with Crippen LogP contribution in [-0.4, -0.2) is 136 Å². The number of aliphatic hydroxyl groups excluding tert-OH is 3. The number of fused-ring (bicyclic) bond motifs is 14. The molecule has 1 fully saturated rings. The summed E-state index contributed by atoms with van der Waals surface area (Å²) in [6.45, 7) is 16.1. The van der Waals surface area contributed by atoms with Crippen molar-refractivity contribution in [2.45, 2.75) is 143 Å². The number of phenols is 1. The number of carbonyl (C=O) groups excluding carboxylic acids is 5. The molecule has 14 unspecified atom stereocenters. The molecule has 20 nitrogen and oxygen atoms in total. The molecule has 14 atom stereocenters. The number of aliphatic hydroxyl groups is 3. The lowest BCUT2D eigenvalue weighted by molar-refractivity contribution is -0.181. The van der Waals surface area contributed by atoms with E-state index < -0.39 is 149 Å². The number of ketones is 2. The first kappa shape index (κ1) is 55.4. The van der Waals surface area contributed by atoms with Crippen molar-refractivity contribution in [1.29, 1.82) is 0 Å². The Hall–Kier alpha value is -5.48. The number of ether oxygens (including phenoxy) is 8. The highest BCUT2D eigenvalue weighted by Gasteiger charge is 2.52. The second kappa shape index (κ2) is 22.3. The monoisotopic (exact) mass is 985 g/mol. The lowest BCUT2D eigenvalue weighted by Crippen LogP contribution is -2.48. The number of benzene rings is 1. The molecule has 4 aliphatic heterocycles. The molecule has 1 aromatic carbocycles. The third kappa shape index (κ3) is 11.6. The van der Waals surface area contributed by atoms with Crippen LogP contribution in [0.15, 0.2) is 47.9 Å². The van der Waals surface area contributed by atoms with Crippen molar-refractivity contribution in [3.8, 4) is 11.5 Å². The summed E-state index contributed by atoms with van der Waals surface area (Å²) < 4.78 is 47.5. The summed E-state index contributed by atoms with van der Waals surface area (Å²) in [5.41, 5.74) is -2.95. The Balaban J connectivity index is 1.64. The number of esters is 2. The molecule has 6 rings (SSSR count). The molecule has 0 spiro atoms. The predicted molar refractivity (Wildman–Crippen MR) is 246 cm³/mol. The molecule has 4 heterocycles. The predicted octanol–water partition coefficient (Wildman–Crippen LogP) is 4.04. The van der Waals surface area contributed by atoms with Crippen LogP contribution in [-0.2, 0) is 52.3 Å². The quantitative estimate of drug-likeness (QED) is 0.171. The number of nitrogens with one attached hydrogen (secondary N) is 1. The fourth-order valence-corrected chi connectivity index (χ4v) is 9.13. The van der Waals surface area contributed by atoms with Crippen molar-refractivity contribution >= 4 is 35.4 Å². The molecule has 0 radical (unpaired) electrons. The Morgan fingerprint density at radius 2 is 1.63 bits per heavy atom. The van der Waals surface area contributed by atoms with Gasteiger partial charge in [0, 0.05) is 73.0 Å². The summed E-state index contributed by atoms with van der Waals surface area (Å²) in [5, 5.41) is 59.4. The van der Waals surface area contributed by atoms with Crippen molar-refractivity contribution in [1.82, 2.24) is 5.32 Å². The van der Waals surface area contributed by atoms with Gasteiger partial charge >= 0.3 is 17.9 Å². The van der Waals surface area contributed by atoms with E-state index in [1.54, 1.807) is 20.8 Å². The number of amides is 1. The highest BCUT2D eigenvalue weighted by Crippen LogP contribution is 2.52. The van der Waals surface area contributed by atoms with E-state index >= 15 is 0 Å². The first-order chi connectivity index (χ1) is 32.7. The molecule has 1 saturated heterocycles. The maximum Gasteiger partial charge on any atom is 0.312 e. The molecule has 70 heavy (non-hydrogen) atoms. The molecule has 386 valence electrons. The molecule has 6 N–H and O–H groups in total. The van der Waals surface area contributed by atoms with Gasteiger partial charge in [-0.2, -0.15) is 0 Å². The second-order valence-electron chi connectivity index (χ2n) is 19.3. The first-order valence-corrected chi connectivity index (χ1v) is 23.1. The van der Waals surface area contributed by atoms with Gasteiger partial charge in [0.2, 0.25) is 5.78 Å². The lowest BCUT2D eigenvalue weighted by Gasteiger charge is -2.39. The smallest absolute Gasteiger partial charge is 0.312 e. The minimum Gasteiger partial charge on any atom is -0.507 e. The minimum atomic E-state index is -1.98. The topological polar surface area (TPSA) is 289 Å². The number of carboxylic acid groups (broad SMARTS) is 1. The van der Waals surface area contributed by atoms with E-state index in [1.807, 2.05) is 0 Å². The van der Waals surface area contributed by atoms with Crippen molar-refractivity contribution in [3.63, 3.8) is 0 Å². The van der Waals surface area contributed by atoms with Gasteiger partial charge in [0.25, 0.3) is 11.7 Å². The van der Waals surface area contributed by atoms with Crippen LogP contribution >= 0.6 is 0 Å². The van der Waals surface area contributed by atoms with Gasteiger partial charge in [-0.05, 0) is 47.6 Å². The molecule has 1 amide bonds. The molecule has 20 heteroatoms. The average molecular weight is 986 g/mol. The summed E-state index contributed by atoms with van der Waals surface area (Å²) in [4.78, 5) is 79.3. The van der Waals surface area contributed by atoms with Gasteiger partial charge in [-0.25, -0.2) is 0 Å². The van der Waals surface area contributed by atoms with Crippen LogP contribution < -0.4 is 10.1 Å². The van der Waals surface area contributed by atoms with Crippen molar-refractivity contribution in [3.05, 3.63) is 70.2 Å². The number of methoxy groups -OCH3 is 1. The minimum absolute atomic E-state index is 0.00822. The van der Waals surface area contributed by atoms with E-state index in [9.17, 15) is 54.3 Å². The van der Waals surface area contributed by atoms with E-state index in [4.69, 9.17) is 37.9 Å². The van der Waals surface area contributed by atoms with Crippen LogP contribution in [0.2, 0.25) is 0 Å². The number of allylic oxidation sites excluding steroid dienone is 4. The SMILES string of the molecule is COC(C)C1OCOC1COC1/C=C/OC2(C)Oc3c(C)c(O)c4c(c3C2O)C(=O)C=C(NC(=O)/C(C)=C\C=C\C(C(C)OC(=O)C(C)(C)CC(=O)O)C(O)C(C)C(O)C(C)C(OC(C)=O)C1C)C4=O. The number of aliphatic carboxylic acids is 1. The fraction of sp³-hybridized carbons (Fsp3) is 0.600. The molecule has 1 aromatic rings. The second-order valence-corrected chi connectivity index (χ2v) is 19.3. The van der Waals surface area contributed by atoms with Crippen LogP contribution in [0.1, 0.15) is 114 Å².